The van der Waals surface area contributed by atoms with Gasteiger partial charge in [0.25, 0.3) is 11.8 Å². The lowest BCUT2D eigenvalue weighted by atomic mass is 9.98. The molecule has 0 aliphatic carbocycles. The number of fused-ring (bicyclic) bond motifs is 1. The van der Waals surface area contributed by atoms with Crippen molar-refractivity contribution in [2.24, 2.45) is 0 Å². The number of halogens is 1. The number of carbonyl (C=O) groups excluding carboxylic acids is 2. The van der Waals surface area contributed by atoms with Crippen molar-refractivity contribution < 1.29 is 18.4 Å². The molecule has 1 aromatic heterocycles. The molecule has 0 radical (unpaired) electrons. The van der Waals surface area contributed by atoms with Gasteiger partial charge in [-0.05, 0) is 85.8 Å². The summed E-state index contributed by atoms with van der Waals surface area (Å²) in [5.74, 6) is -0.210. The molecule has 1 aliphatic rings. The average Bonchev–Trinajstić information content (AvgIpc) is 3.27. The third-order valence-electron chi connectivity index (χ3n) is 6.76. The lowest BCUT2D eigenvalue weighted by Crippen LogP contribution is -2.42. The third kappa shape index (κ3) is 4.32. The number of hydrogen-bond donors (Lipinski definition) is 1. The highest BCUT2D eigenvalue weighted by Crippen LogP contribution is 2.36. The summed E-state index contributed by atoms with van der Waals surface area (Å²) in [5.41, 5.74) is 3.98. The summed E-state index contributed by atoms with van der Waals surface area (Å²) >= 11 is 0. The SMILES string of the molecule is CNC(=O)c1c(-c2ccc(F)cc2)oc2ccc(-c3cccc(C(=O)N4CCCCC4C)c3)cc12. The number of benzene rings is 3. The molecule has 1 N–H and O–H groups in total. The van der Waals surface area contributed by atoms with E-state index in [-0.39, 0.29) is 23.7 Å². The monoisotopic (exact) mass is 470 g/mol. The summed E-state index contributed by atoms with van der Waals surface area (Å²) in [6.45, 7) is 2.89. The summed E-state index contributed by atoms with van der Waals surface area (Å²) in [6.07, 6.45) is 3.22. The van der Waals surface area contributed by atoms with E-state index in [4.69, 9.17) is 4.42 Å². The standard InChI is InChI=1S/C29H27FN2O3/c1-18-6-3-4-15-32(18)29(34)22-8-5-7-20(16-22)21-11-14-25-24(17-21)26(28(33)31-2)27(35-25)19-9-12-23(30)13-10-19/h5,7-14,16-18H,3-4,6,15H2,1-2H3,(H,31,33). The molecular formula is C29H27FN2O3. The third-order valence-corrected chi connectivity index (χ3v) is 6.76. The number of piperidine rings is 1. The summed E-state index contributed by atoms with van der Waals surface area (Å²) in [6, 6.07) is 19.4. The molecule has 1 unspecified atom stereocenters. The van der Waals surface area contributed by atoms with Crippen LogP contribution in [0.25, 0.3) is 33.4 Å². The Morgan fingerprint density at radius 1 is 0.971 bits per heavy atom. The first-order valence-corrected chi connectivity index (χ1v) is 11.9. The predicted octanol–water partition coefficient (Wildman–Crippen LogP) is 6.28. The van der Waals surface area contributed by atoms with Crippen molar-refractivity contribution in [2.45, 2.75) is 32.2 Å². The van der Waals surface area contributed by atoms with Crippen molar-refractivity contribution in [2.75, 3.05) is 13.6 Å². The molecular weight excluding hydrogens is 443 g/mol. The Labute approximate surface area is 203 Å². The Balaban J connectivity index is 1.57. The topological polar surface area (TPSA) is 62.6 Å². The maximum absolute atomic E-state index is 13.5. The molecule has 0 bridgehead atoms. The lowest BCUT2D eigenvalue weighted by Gasteiger charge is -2.33. The van der Waals surface area contributed by atoms with Gasteiger partial charge in [0.2, 0.25) is 0 Å². The molecule has 1 aliphatic heterocycles. The molecule has 2 heterocycles. The maximum atomic E-state index is 13.5. The minimum absolute atomic E-state index is 0.0492. The van der Waals surface area contributed by atoms with Crippen LogP contribution in [0.2, 0.25) is 0 Å². The zero-order valence-electron chi connectivity index (χ0n) is 19.8. The van der Waals surface area contributed by atoms with E-state index in [0.29, 0.717) is 33.4 Å². The fourth-order valence-electron chi connectivity index (χ4n) is 4.83. The van der Waals surface area contributed by atoms with Crippen molar-refractivity contribution in [1.82, 2.24) is 10.2 Å². The molecule has 4 aromatic rings. The van der Waals surface area contributed by atoms with Gasteiger partial charge in [-0.2, -0.15) is 0 Å². The van der Waals surface area contributed by atoms with E-state index in [1.807, 2.05) is 47.4 Å². The summed E-state index contributed by atoms with van der Waals surface area (Å²) in [7, 11) is 1.57. The fraction of sp³-hybridized carbons (Fsp3) is 0.241. The normalized spacial score (nSPS) is 15.9. The van der Waals surface area contributed by atoms with Gasteiger partial charge >= 0.3 is 0 Å². The number of rotatable bonds is 4. The van der Waals surface area contributed by atoms with E-state index in [1.54, 1.807) is 19.2 Å². The number of likely N-dealkylation sites (tertiary alicyclic amines) is 1. The molecule has 3 aromatic carbocycles. The minimum Gasteiger partial charge on any atom is -0.455 e. The number of amides is 2. The van der Waals surface area contributed by atoms with Gasteiger partial charge in [0, 0.05) is 36.1 Å². The van der Waals surface area contributed by atoms with Gasteiger partial charge in [0.1, 0.15) is 17.2 Å². The zero-order chi connectivity index (χ0) is 24.5. The van der Waals surface area contributed by atoms with Crippen LogP contribution < -0.4 is 5.32 Å². The molecule has 1 fully saturated rings. The van der Waals surface area contributed by atoms with E-state index in [1.165, 1.54) is 12.1 Å². The van der Waals surface area contributed by atoms with Gasteiger partial charge in [0.05, 0.1) is 5.56 Å². The van der Waals surface area contributed by atoms with E-state index >= 15 is 0 Å². The van der Waals surface area contributed by atoms with Crippen molar-refractivity contribution in [1.29, 1.82) is 0 Å². The van der Waals surface area contributed by atoms with E-state index in [2.05, 4.69) is 12.2 Å². The first-order chi connectivity index (χ1) is 17.0. The summed E-state index contributed by atoms with van der Waals surface area (Å²) in [5, 5.41) is 3.34. The fourth-order valence-corrected chi connectivity index (χ4v) is 4.83. The van der Waals surface area contributed by atoms with Crippen LogP contribution in [0.3, 0.4) is 0 Å². The quantitative estimate of drug-likeness (QED) is 0.382. The number of carbonyl (C=O) groups is 2. The van der Waals surface area contributed by atoms with Crippen molar-refractivity contribution in [3.63, 3.8) is 0 Å². The highest BCUT2D eigenvalue weighted by Gasteiger charge is 2.25. The van der Waals surface area contributed by atoms with Crippen LogP contribution in [0.15, 0.2) is 71.1 Å². The largest absolute Gasteiger partial charge is 0.455 e. The second-order valence-corrected chi connectivity index (χ2v) is 9.03. The number of nitrogens with zero attached hydrogens (tertiary/aromatic N) is 1. The molecule has 0 saturated carbocycles. The molecule has 1 saturated heterocycles. The molecule has 5 rings (SSSR count). The zero-order valence-corrected chi connectivity index (χ0v) is 19.8. The van der Waals surface area contributed by atoms with Gasteiger partial charge in [-0.15, -0.1) is 0 Å². The molecule has 1 atom stereocenters. The minimum atomic E-state index is -0.359. The van der Waals surface area contributed by atoms with E-state index in [0.717, 1.165) is 36.9 Å². The summed E-state index contributed by atoms with van der Waals surface area (Å²) in [4.78, 5) is 28.0. The molecule has 6 heteroatoms. The Kier molecular flexibility index (Phi) is 6.12. The van der Waals surface area contributed by atoms with Crippen LogP contribution in [0, 0.1) is 5.82 Å². The second kappa shape index (κ2) is 9.37. The van der Waals surface area contributed by atoms with Crippen molar-refractivity contribution in [3.8, 4) is 22.5 Å². The second-order valence-electron chi connectivity index (χ2n) is 9.03. The van der Waals surface area contributed by atoms with Crippen LogP contribution in [-0.2, 0) is 0 Å². The van der Waals surface area contributed by atoms with Crippen LogP contribution in [0.1, 0.15) is 46.9 Å². The van der Waals surface area contributed by atoms with Crippen LogP contribution in [0.5, 0.6) is 0 Å². The Morgan fingerprint density at radius 3 is 2.46 bits per heavy atom. The van der Waals surface area contributed by atoms with Crippen molar-refractivity contribution in [3.05, 3.63) is 83.7 Å². The molecule has 5 nitrogen and oxygen atoms in total. The van der Waals surface area contributed by atoms with Gasteiger partial charge in [-0.1, -0.05) is 18.2 Å². The average molecular weight is 471 g/mol. The van der Waals surface area contributed by atoms with Crippen LogP contribution in [-0.4, -0.2) is 36.3 Å². The van der Waals surface area contributed by atoms with Gasteiger partial charge in [-0.25, -0.2) is 4.39 Å². The maximum Gasteiger partial charge on any atom is 0.255 e. The highest BCUT2D eigenvalue weighted by molar-refractivity contribution is 6.11. The number of nitrogens with one attached hydrogen (secondary N) is 1. The number of furan rings is 1. The molecule has 2 amide bonds. The molecule has 178 valence electrons. The van der Waals surface area contributed by atoms with E-state index in [9.17, 15) is 14.0 Å². The van der Waals surface area contributed by atoms with Crippen LogP contribution >= 0.6 is 0 Å². The Bertz CT molecular complexity index is 1410. The van der Waals surface area contributed by atoms with Crippen molar-refractivity contribution >= 4 is 22.8 Å². The smallest absolute Gasteiger partial charge is 0.255 e. The first-order valence-electron chi connectivity index (χ1n) is 11.9. The first kappa shape index (κ1) is 22.8. The highest BCUT2D eigenvalue weighted by atomic mass is 19.1. The van der Waals surface area contributed by atoms with E-state index < -0.39 is 0 Å². The van der Waals surface area contributed by atoms with Crippen LogP contribution in [0.4, 0.5) is 4.39 Å². The molecule has 35 heavy (non-hydrogen) atoms. The predicted molar refractivity (Wildman–Crippen MR) is 135 cm³/mol. The summed E-state index contributed by atoms with van der Waals surface area (Å²) < 4.78 is 19.5. The van der Waals surface area contributed by atoms with Gasteiger partial charge in [-0.3, -0.25) is 9.59 Å². The Morgan fingerprint density at radius 2 is 1.71 bits per heavy atom. The number of hydrogen-bond acceptors (Lipinski definition) is 3. The molecule has 0 spiro atoms. The lowest BCUT2D eigenvalue weighted by molar-refractivity contribution is 0.0635. The van der Waals surface area contributed by atoms with Gasteiger partial charge in [0.15, 0.2) is 0 Å². The van der Waals surface area contributed by atoms with Gasteiger partial charge < -0.3 is 14.6 Å². The Hall–Kier alpha value is -3.93.